The van der Waals surface area contributed by atoms with Crippen LogP contribution < -0.4 is 5.06 Å². The molecule has 6 nitrogen and oxygen atoms in total. The van der Waals surface area contributed by atoms with E-state index < -0.39 is 17.6 Å². The zero-order chi connectivity index (χ0) is 21.2. The van der Waals surface area contributed by atoms with Gasteiger partial charge >= 0.3 is 0 Å². The molecule has 152 valence electrons. The average Bonchev–Trinajstić information content (AvgIpc) is 3.38. The number of anilines is 1. The highest BCUT2D eigenvalue weighted by Crippen LogP contribution is 2.58. The summed E-state index contributed by atoms with van der Waals surface area (Å²) in [5.74, 6) is -1.31. The van der Waals surface area contributed by atoms with Crippen molar-refractivity contribution in [2.24, 2.45) is 10.9 Å². The van der Waals surface area contributed by atoms with Gasteiger partial charge < -0.3 is 0 Å². The first kappa shape index (κ1) is 18.0. The van der Waals surface area contributed by atoms with Crippen molar-refractivity contribution in [2.75, 3.05) is 12.1 Å². The van der Waals surface area contributed by atoms with Crippen LogP contribution in [0.1, 0.15) is 11.1 Å². The molecule has 3 aromatic rings. The molecule has 2 amide bonds. The normalized spacial score (nSPS) is 27.6. The van der Waals surface area contributed by atoms with Crippen molar-refractivity contribution in [3.8, 4) is 0 Å². The number of benzene rings is 3. The van der Waals surface area contributed by atoms with Crippen LogP contribution in [0.5, 0.6) is 0 Å². The number of hydrogen-bond acceptors (Lipinski definition) is 5. The quantitative estimate of drug-likeness (QED) is 0.609. The van der Waals surface area contributed by atoms with E-state index in [0.29, 0.717) is 5.71 Å². The molecule has 0 unspecified atom stereocenters. The van der Waals surface area contributed by atoms with Gasteiger partial charge in [0.15, 0.2) is 6.10 Å². The molecule has 3 aliphatic heterocycles. The zero-order valence-electron chi connectivity index (χ0n) is 16.8. The Kier molecular flexibility index (Phi) is 3.70. The van der Waals surface area contributed by atoms with E-state index in [4.69, 9.17) is 9.83 Å². The van der Waals surface area contributed by atoms with E-state index in [1.54, 1.807) is 5.06 Å². The van der Waals surface area contributed by atoms with Gasteiger partial charge in [-0.15, -0.1) is 0 Å². The van der Waals surface area contributed by atoms with Crippen LogP contribution in [0.25, 0.3) is 0 Å². The summed E-state index contributed by atoms with van der Waals surface area (Å²) in [5.41, 5.74) is 3.01. The number of rotatable bonds is 2. The molecule has 6 rings (SSSR count). The Morgan fingerprint density at radius 2 is 1.48 bits per heavy atom. The first-order valence-corrected chi connectivity index (χ1v) is 10.2. The standard InChI is InChI=1S/C25H19N3O3/c1-27-23(29)20-21(24(27)30)31-28-19-15-9-8-14-18(19)22(26-17-12-6-3-7-13-17)25(20,28)16-10-4-2-5-11-16/h2-15,20-21H,1H3/t20-,21+,25+/m1/s1. The van der Waals surface area contributed by atoms with Crippen molar-refractivity contribution < 1.29 is 14.4 Å². The maximum Gasteiger partial charge on any atom is 0.261 e. The lowest BCUT2D eigenvalue weighted by Crippen LogP contribution is -2.51. The molecule has 0 N–H and O–H groups in total. The minimum Gasteiger partial charge on any atom is -0.283 e. The molecule has 0 bridgehead atoms. The predicted molar refractivity (Wildman–Crippen MR) is 116 cm³/mol. The fraction of sp³-hybridized carbons (Fsp3) is 0.160. The summed E-state index contributed by atoms with van der Waals surface area (Å²) >= 11 is 0. The molecule has 0 spiro atoms. The second kappa shape index (κ2) is 6.36. The third-order valence-corrected chi connectivity index (χ3v) is 6.41. The number of nitrogens with zero attached hydrogens (tertiary/aromatic N) is 3. The van der Waals surface area contributed by atoms with Crippen LogP contribution in [-0.4, -0.2) is 35.6 Å². The van der Waals surface area contributed by atoms with E-state index >= 15 is 0 Å². The fourth-order valence-electron chi connectivity index (χ4n) is 5.06. The van der Waals surface area contributed by atoms with E-state index in [2.05, 4.69) is 0 Å². The molecular formula is C25H19N3O3. The van der Waals surface area contributed by atoms with Crippen molar-refractivity contribution in [1.29, 1.82) is 0 Å². The van der Waals surface area contributed by atoms with Gasteiger partial charge in [-0.3, -0.25) is 19.3 Å². The number of likely N-dealkylation sites (N-methyl/N-ethyl adjacent to an activating group) is 1. The number of para-hydroxylation sites is 2. The van der Waals surface area contributed by atoms with Crippen LogP contribution in [-0.2, 0) is 20.0 Å². The van der Waals surface area contributed by atoms with Gasteiger partial charge in [-0.1, -0.05) is 66.7 Å². The number of amides is 2. The third-order valence-electron chi connectivity index (χ3n) is 6.41. The summed E-state index contributed by atoms with van der Waals surface area (Å²) in [5, 5.41) is 1.75. The second-order valence-electron chi connectivity index (χ2n) is 7.98. The summed E-state index contributed by atoms with van der Waals surface area (Å²) in [6, 6.07) is 27.2. The van der Waals surface area contributed by atoms with Gasteiger partial charge in [0.1, 0.15) is 11.5 Å². The Morgan fingerprint density at radius 3 is 2.23 bits per heavy atom. The van der Waals surface area contributed by atoms with Crippen LogP contribution in [0, 0.1) is 5.92 Å². The summed E-state index contributed by atoms with van der Waals surface area (Å²) in [6.07, 6.45) is -0.882. The fourth-order valence-corrected chi connectivity index (χ4v) is 5.06. The van der Waals surface area contributed by atoms with E-state index in [1.165, 1.54) is 11.9 Å². The Hall–Kier alpha value is -3.77. The molecule has 3 aromatic carbocycles. The van der Waals surface area contributed by atoms with Gasteiger partial charge in [0.2, 0.25) is 5.91 Å². The molecule has 3 atom stereocenters. The Morgan fingerprint density at radius 1 is 0.839 bits per heavy atom. The van der Waals surface area contributed by atoms with Gasteiger partial charge in [0, 0.05) is 12.6 Å². The molecule has 0 aliphatic carbocycles. The Bertz CT molecular complexity index is 1240. The SMILES string of the molecule is CN1C(=O)[C@H]2ON3c4ccccc4C(=Nc4ccccc4)[C@]3(c3ccccc3)[C@H]2C1=O. The highest BCUT2D eigenvalue weighted by atomic mass is 16.7. The zero-order valence-corrected chi connectivity index (χ0v) is 16.8. The number of fused-ring (bicyclic) bond motifs is 5. The smallest absolute Gasteiger partial charge is 0.261 e. The van der Waals surface area contributed by atoms with Crippen molar-refractivity contribution in [3.63, 3.8) is 0 Å². The lowest BCUT2D eigenvalue weighted by molar-refractivity contribution is -0.141. The minimum atomic E-state index is -1.04. The summed E-state index contributed by atoms with van der Waals surface area (Å²) in [4.78, 5) is 38.8. The number of hydroxylamine groups is 1. The monoisotopic (exact) mass is 409 g/mol. The van der Waals surface area contributed by atoms with E-state index in [1.807, 2.05) is 84.9 Å². The molecule has 2 saturated heterocycles. The molecule has 0 saturated carbocycles. The maximum absolute atomic E-state index is 13.4. The lowest BCUT2D eigenvalue weighted by Gasteiger charge is -2.35. The van der Waals surface area contributed by atoms with Crippen molar-refractivity contribution in [3.05, 3.63) is 96.1 Å². The highest BCUT2D eigenvalue weighted by molar-refractivity contribution is 6.23. The molecule has 31 heavy (non-hydrogen) atoms. The Labute approximate surface area is 179 Å². The molecule has 6 heteroatoms. The summed E-state index contributed by atoms with van der Waals surface area (Å²) in [6.45, 7) is 0. The van der Waals surface area contributed by atoms with Gasteiger partial charge in [0.25, 0.3) is 5.91 Å². The number of aliphatic imine (C=N–C) groups is 1. The highest BCUT2D eigenvalue weighted by Gasteiger charge is 2.71. The molecule has 2 fully saturated rings. The van der Waals surface area contributed by atoms with Crippen LogP contribution in [0.4, 0.5) is 11.4 Å². The summed E-state index contributed by atoms with van der Waals surface area (Å²) < 4.78 is 0. The topological polar surface area (TPSA) is 62.2 Å². The molecular weight excluding hydrogens is 390 g/mol. The van der Waals surface area contributed by atoms with Crippen LogP contribution in [0.15, 0.2) is 89.9 Å². The molecule has 0 aromatic heterocycles. The van der Waals surface area contributed by atoms with E-state index in [0.717, 1.165) is 22.5 Å². The van der Waals surface area contributed by atoms with E-state index in [-0.39, 0.29) is 11.8 Å². The Balaban J connectivity index is 1.70. The largest absolute Gasteiger partial charge is 0.283 e. The van der Waals surface area contributed by atoms with Crippen molar-refractivity contribution in [1.82, 2.24) is 4.90 Å². The number of imide groups is 1. The van der Waals surface area contributed by atoms with Crippen molar-refractivity contribution >= 4 is 28.9 Å². The average molecular weight is 409 g/mol. The van der Waals surface area contributed by atoms with E-state index in [9.17, 15) is 9.59 Å². The number of likely N-dealkylation sites (tertiary alicyclic amines) is 1. The lowest BCUT2D eigenvalue weighted by atomic mass is 9.73. The van der Waals surface area contributed by atoms with Crippen LogP contribution in [0.3, 0.4) is 0 Å². The first-order chi connectivity index (χ1) is 15.1. The number of hydrogen-bond donors (Lipinski definition) is 0. The van der Waals surface area contributed by atoms with Gasteiger partial charge in [0.05, 0.1) is 17.1 Å². The third kappa shape index (κ3) is 2.22. The predicted octanol–water partition coefficient (Wildman–Crippen LogP) is 3.45. The summed E-state index contributed by atoms with van der Waals surface area (Å²) in [7, 11) is 1.52. The van der Waals surface area contributed by atoms with Gasteiger partial charge in [-0.25, -0.2) is 10.1 Å². The molecule has 3 aliphatic rings. The number of carbonyl (C=O) groups is 2. The molecule has 0 radical (unpaired) electrons. The van der Waals surface area contributed by atoms with Gasteiger partial charge in [-0.05, 0) is 23.8 Å². The first-order valence-electron chi connectivity index (χ1n) is 10.2. The van der Waals surface area contributed by atoms with Crippen LogP contribution in [0.2, 0.25) is 0 Å². The maximum atomic E-state index is 13.4. The second-order valence-corrected chi connectivity index (χ2v) is 7.98. The molecule has 3 heterocycles. The number of carbonyl (C=O) groups excluding carboxylic acids is 2. The van der Waals surface area contributed by atoms with Crippen molar-refractivity contribution in [2.45, 2.75) is 11.6 Å². The minimum absolute atomic E-state index is 0.255. The van der Waals surface area contributed by atoms with Gasteiger partial charge in [-0.2, -0.15) is 0 Å². The van der Waals surface area contributed by atoms with Crippen LogP contribution >= 0.6 is 0 Å².